The molecule has 0 aliphatic rings. The third-order valence-electron chi connectivity index (χ3n) is 3.65. The first-order valence-corrected chi connectivity index (χ1v) is 9.74. The SMILES string of the molecule is CC(OC(=O)c1ccc2nncn2c1)C(=O)c1ccc(NS(C)(=O)=O)cc1. The van der Waals surface area contributed by atoms with Gasteiger partial charge in [0.25, 0.3) is 0 Å². The van der Waals surface area contributed by atoms with Crippen molar-refractivity contribution < 1.29 is 22.7 Å². The third kappa shape index (κ3) is 4.47. The predicted molar refractivity (Wildman–Crippen MR) is 97.1 cm³/mol. The minimum Gasteiger partial charge on any atom is -0.451 e. The fourth-order valence-electron chi connectivity index (χ4n) is 2.38. The molecule has 1 unspecified atom stereocenters. The van der Waals surface area contributed by atoms with Crippen molar-refractivity contribution >= 4 is 33.1 Å². The molecule has 1 N–H and O–H groups in total. The average molecular weight is 388 g/mol. The summed E-state index contributed by atoms with van der Waals surface area (Å²) in [7, 11) is -3.40. The first-order chi connectivity index (χ1) is 12.7. The maximum absolute atomic E-state index is 12.4. The number of esters is 1. The number of Topliss-reactive ketones (excluding diaryl/α,β-unsaturated/α-hetero) is 1. The Hall–Kier alpha value is -3.27. The second-order valence-electron chi connectivity index (χ2n) is 5.88. The Bertz CT molecular complexity index is 1110. The van der Waals surface area contributed by atoms with Crippen LogP contribution in [0.5, 0.6) is 0 Å². The highest BCUT2D eigenvalue weighted by atomic mass is 32.2. The largest absolute Gasteiger partial charge is 0.451 e. The van der Waals surface area contributed by atoms with Crippen LogP contribution >= 0.6 is 0 Å². The molecule has 1 aromatic carbocycles. The average Bonchev–Trinajstić information content (AvgIpc) is 3.08. The number of ketones is 1. The molecule has 10 heteroatoms. The van der Waals surface area contributed by atoms with Crippen LogP contribution in [0.4, 0.5) is 5.69 Å². The van der Waals surface area contributed by atoms with E-state index >= 15 is 0 Å². The van der Waals surface area contributed by atoms with Crippen molar-refractivity contribution in [2.24, 2.45) is 0 Å². The summed E-state index contributed by atoms with van der Waals surface area (Å²) in [5.74, 6) is -1.05. The van der Waals surface area contributed by atoms with Crippen LogP contribution in [0.25, 0.3) is 5.65 Å². The highest BCUT2D eigenvalue weighted by Gasteiger charge is 2.21. The number of hydrogen-bond acceptors (Lipinski definition) is 7. The Kier molecular flexibility index (Phi) is 4.91. The molecule has 0 spiro atoms. The van der Waals surface area contributed by atoms with Crippen molar-refractivity contribution in [1.82, 2.24) is 14.6 Å². The zero-order valence-electron chi connectivity index (χ0n) is 14.5. The van der Waals surface area contributed by atoms with Gasteiger partial charge in [0, 0.05) is 17.4 Å². The monoisotopic (exact) mass is 388 g/mol. The molecule has 2 heterocycles. The topological polar surface area (TPSA) is 120 Å². The van der Waals surface area contributed by atoms with Crippen LogP contribution < -0.4 is 4.72 Å². The van der Waals surface area contributed by atoms with Gasteiger partial charge in [0.1, 0.15) is 6.33 Å². The van der Waals surface area contributed by atoms with Gasteiger partial charge in [0.2, 0.25) is 15.8 Å². The predicted octanol–water partition coefficient (Wildman–Crippen LogP) is 1.53. The Balaban J connectivity index is 1.68. The zero-order chi connectivity index (χ0) is 19.6. The highest BCUT2D eigenvalue weighted by molar-refractivity contribution is 7.92. The first kappa shape index (κ1) is 18.5. The summed E-state index contributed by atoms with van der Waals surface area (Å²) in [5, 5.41) is 7.56. The summed E-state index contributed by atoms with van der Waals surface area (Å²) >= 11 is 0. The minimum atomic E-state index is -3.40. The normalized spacial score (nSPS) is 12.5. The molecule has 3 aromatic rings. The number of aromatic nitrogens is 3. The number of rotatable bonds is 6. The number of fused-ring (bicyclic) bond motifs is 1. The van der Waals surface area contributed by atoms with Gasteiger partial charge in [-0.1, -0.05) is 0 Å². The van der Waals surface area contributed by atoms with E-state index in [0.717, 1.165) is 6.26 Å². The number of nitrogens with zero attached hydrogens (tertiary/aromatic N) is 3. The Morgan fingerprint density at radius 2 is 1.78 bits per heavy atom. The molecule has 0 aliphatic carbocycles. The molecule has 0 aliphatic heterocycles. The molecule has 140 valence electrons. The van der Waals surface area contributed by atoms with Gasteiger partial charge in [0.15, 0.2) is 11.8 Å². The number of carbonyl (C=O) groups is 2. The fraction of sp³-hybridized carbons (Fsp3) is 0.176. The summed E-state index contributed by atoms with van der Waals surface area (Å²) in [5.41, 5.74) is 1.47. The molecular formula is C17H16N4O5S. The summed E-state index contributed by atoms with van der Waals surface area (Å²) in [6.45, 7) is 1.47. The zero-order valence-corrected chi connectivity index (χ0v) is 15.3. The number of ether oxygens (including phenoxy) is 1. The molecule has 0 radical (unpaired) electrons. The number of pyridine rings is 1. The van der Waals surface area contributed by atoms with Crippen LogP contribution in [0.2, 0.25) is 0 Å². The maximum Gasteiger partial charge on any atom is 0.340 e. The van der Waals surface area contributed by atoms with Gasteiger partial charge < -0.3 is 4.74 Å². The minimum absolute atomic E-state index is 0.259. The lowest BCUT2D eigenvalue weighted by Gasteiger charge is -2.13. The molecule has 3 rings (SSSR count). The van der Waals surface area contributed by atoms with E-state index < -0.39 is 27.9 Å². The van der Waals surface area contributed by atoms with Crippen molar-refractivity contribution in [2.45, 2.75) is 13.0 Å². The summed E-state index contributed by atoms with van der Waals surface area (Å²) in [6, 6.07) is 9.00. The lowest BCUT2D eigenvalue weighted by Crippen LogP contribution is -2.24. The van der Waals surface area contributed by atoms with E-state index in [0.29, 0.717) is 16.9 Å². The van der Waals surface area contributed by atoms with Gasteiger partial charge in [-0.3, -0.25) is 13.9 Å². The van der Waals surface area contributed by atoms with E-state index in [2.05, 4.69) is 14.9 Å². The van der Waals surface area contributed by atoms with Gasteiger partial charge in [-0.25, -0.2) is 13.2 Å². The first-order valence-electron chi connectivity index (χ1n) is 7.85. The molecule has 0 saturated carbocycles. The van der Waals surface area contributed by atoms with E-state index in [1.165, 1.54) is 49.8 Å². The molecule has 0 fully saturated rings. The van der Waals surface area contributed by atoms with Crippen LogP contribution in [0.3, 0.4) is 0 Å². The van der Waals surface area contributed by atoms with E-state index in [4.69, 9.17) is 4.74 Å². The second-order valence-corrected chi connectivity index (χ2v) is 7.63. The van der Waals surface area contributed by atoms with E-state index in [-0.39, 0.29) is 5.56 Å². The molecule has 0 bridgehead atoms. The van der Waals surface area contributed by atoms with Gasteiger partial charge in [-0.05, 0) is 43.3 Å². The second kappa shape index (κ2) is 7.16. The molecule has 0 saturated heterocycles. The number of anilines is 1. The quantitative estimate of drug-likeness (QED) is 0.502. The van der Waals surface area contributed by atoms with Crippen LogP contribution in [0, 0.1) is 0 Å². The van der Waals surface area contributed by atoms with Crippen molar-refractivity contribution in [1.29, 1.82) is 0 Å². The van der Waals surface area contributed by atoms with Crippen LogP contribution in [0.15, 0.2) is 48.9 Å². The van der Waals surface area contributed by atoms with Crippen molar-refractivity contribution in [3.63, 3.8) is 0 Å². The number of sulfonamides is 1. The van der Waals surface area contributed by atoms with E-state index in [1.807, 2.05) is 0 Å². The molecule has 2 aromatic heterocycles. The van der Waals surface area contributed by atoms with E-state index in [9.17, 15) is 18.0 Å². The highest BCUT2D eigenvalue weighted by Crippen LogP contribution is 2.14. The lowest BCUT2D eigenvalue weighted by molar-refractivity contribution is 0.0318. The van der Waals surface area contributed by atoms with Gasteiger partial charge in [0.05, 0.1) is 11.8 Å². The number of carbonyl (C=O) groups excluding carboxylic acids is 2. The van der Waals surface area contributed by atoms with Crippen molar-refractivity contribution in [3.8, 4) is 0 Å². The molecule has 0 amide bonds. The number of benzene rings is 1. The Labute approximate surface area is 155 Å². The third-order valence-corrected chi connectivity index (χ3v) is 4.26. The summed E-state index contributed by atoms with van der Waals surface area (Å²) in [6.07, 6.45) is 2.99. The van der Waals surface area contributed by atoms with Gasteiger partial charge in [-0.15, -0.1) is 10.2 Å². The fourth-order valence-corrected chi connectivity index (χ4v) is 2.95. The van der Waals surface area contributed by atoms with Crippen LogP contribution in [0.1, 0.15) is 27.6 Å². The van der Waals surface area contributed by atoms with Crippen LogP contribution in [-0.2, 0) is 14.8 Å². The van der Waals surface area contributed by atoms with Crippen molar-refractivity contribution in [2.75, 3.05) is 11.0 Å². The smallest absolute Gasteiger partial charge is 0.340 e. The maximum atomic E-state index is 12.4. The number of nitrogens with one attached hydrogen (secondary N) is 1. The molecule has 9 nitrogen and oxygen atoms in total. The van der Waals surface area contributed by atoms with Gasteiger partial charge in [-0.2, -0.15) is 0 Å². The lowest BCUT2D eigenvalue weighted by atomic mass is 10.1. The van der Waals surface area contributed by atoms with Gasteiger partial charge >= 0.3 is 5.97 Å². The number of hydrogen-bond donors (Lipinski definition) is 1. The summed E-state index contributed by atoms with van der Waals surface area (Å²) in [4.78, 5) is 24.7. The van der Waals surface area contributed by atoms with E-state index in [1.54, 1.807) is 10.5 Å². The molecule has 27 heavy (non-hydrogen) atoms. The summed E-state index contributed by atoms with van der Waals surface area (Å²) < 4.78 is 31.5. The van der Waals surface area contributed by atoms with Crippen molar-refractivity contribution in [3.05, 3.63) is 60.0 Å². The molecule has 1 atom stereocenters. The molecular weight excluding hydrogens is 372 g/mol. The Morgan fingerprint density at radius 3 is 2.44 bits per heavy atom. The Morgan fingerprint density at radius 1 is 1.11 bits per heavy atom. The standard InChI is InChI=1S/C17H16N4O5S/c1-11(16(22)12-3-6-14(7-4-12)20-27(2,24)25)26-17(23)13-5-8-15-19-18-10-21(15)9-13/h3-11,20H,1-2H3. The van der Waals surface area contributed by atoms with Crippen LogP contribution in [-0.4, -0.2) is 47.1 Å².